The van der Waals surface area contributed by atoms with Gasteiger partial charge in [0.15, 0.2) is 0 Å². The van der Waals surface area contributed by atoms with Crippen LogP contribution in [0.15, 0.2) is 18.2 Å². The highest BCUT2D eigenvalue weighted by Crippen LogP contribution is 2.10. The molecule has 0 fully saturated rings. The van der Waals surface area contributed by atoms with Gasteiger partial charge < -0.3 is 16.2 Å². The molecule has 27 heavy (non-hydrogen) atoms. The summed E-state index contributed by atoms with van der Waals surface area (Å²) in [5, 5.41) is 11.2. The van der Waals surface area contributed by atoms with Crippen LogP contribution in [0, 0.1) is 12.8 Å². The van der Waals surface area contributed by atoms with E-state index < -0.39 is 5.54 Å². The molecule has 0 aliphatic heterocycles. The maximum atomic E-state index is 11.9. The van der Waals surface area contributed by atoms with Crippen molar-refractivity contribution in [3.05, 3.63) is 34.9 Å². The number of amides is 1. The zero-order valence-corrected chi connectivity index (χ0v) is 19.6. The summed E-state index contributed by atoms with van der Waals surface area (Å²) in [5.74, 6) is 0.670. The first kappa shape index (κ1) is 30.3. The topological polar surface area (TPSA) is 75.3 Å². The van der Waals surface area contributed by atoms with E-state index in [4.69, 9.17) is 10.8 Å². The maximum absolute atomic E-state index is 11.9. The number of hydrogen-bond donors (Lipinski definition) is 3. The zero-order chi connectivity index (χ0) is 22.0. The highest BCUT2D eigenvalue weighted by atomic mass is 16.3. The van der Waals surface area contributed by atoms with E-state index in [-0.39, 0.29) is 12.5 Å². The number of nitrogens with two attached hydrogens (primary N) is 1. The Morgan fingerprint density at radius 2 is 1.63 bits per heavy atom. The molecule has 1 rings (SSSR count). The number of carbonyl (C=O) groups excluding carboxylic acids is 1. The minimum Gasteiger partial charge on any atom is -0.394 e. The number of nitrogens with one attached hydrogen (secondary N) is 1. The third-order valence-corrected chi connectivity index (χ3v) is 3.22. The normalized spacial score (nSPS) is 9.81. The van der Waals surface area contributed by atoms with Crippen LogP contribution in [0.5, 0.6) is 0 Å². The Morgan fingerprint density at radius 1 is 1.15 bits per heavy atom. The van der Waals surface area contributed by atoms with Gasteiger partial charge in [0, 0.05) is 17.6 Å². The van der Waals surface area contributed by atoms with Crippen molar-refractivity contribution >= 4 is 5.91 Å². The summed E-state index contributed by atoms with van der Waals surface area (Å²) in [7, 11) is 0. The fourth-order valence-electron chi connectivity index (χ4n) is 1.77. The Kier molecular flexibility index (Phi) is 20.2. The van der Waals surface area contributed by atoms with E-state index in [0.717, 1.165) is 30.5 Å². The van der Waals surface area contributed by atoms with Crippen LogP contribution in [-0.2, 0) is 6.42 Å². The van der Waals surface area contributed by atoms with Crippen molar-refractivity contribution in [3.63, 3.8) is 0 Å². The number of rotatable bonds is 6. The Labute approximate surface area is 168 Å². The third-order valence-electron chi connectivity index (χ3n) is 3.22. The van der Waals surface area contributed by atoms with Gasteiger partial charge in [0.05, 0.1) is 6.61 Å². The fraction of sp³-hybridized carbons (Fsp3) is 0.696. The maximum Gasteiger partial charge on any atom is 0.251 e. The van der Waals surface area contributed by atoms with Crippen LogP contribution in [0.2, 0.25) is 0 Å². The van der Waals surface area contributed by atoms with Crippen LogP contribution in [0.3, 0.4) is 0 Å². The van der Waals surface area contributed by atoms with Crippen LogP contribution in [0.1, 0.15) is 90.2 Å². The molecule has 0 radical (unpaired) electrons. The van der Waals surface area contributed by atoms with Gasteiger partial charge in [0.2, 0.25) is 0 Å². The van der Waals surface area contributed by atoms with E-state index in [1.165, 1.54) is 5.56 Å². The van der Waals surface area contributed by atoms with Crippen LogP contribution in [-0.4, -0.2) is 29.7 Å². The lowest BCUT2D eigenvalue weighted by Gasteiger charge is -2.12. The minimum atomic E-state index is -0.403. The second-order valence-electron chi connectivity index (χ2n) is 7.15. The molecule has 0 bridgehead atoms. The van der Waals surface area contributed by atoms with Crippen LogP contribution >= 0.6 is 0 Å². The van der Waals surface area contributed by atoms with E-state index in [0.29, 0.717) is 5.92 Å². The predicted molar refractivity (Wildman–Crippen MR) is 120 cm³/mol. The molecule has 1 aromatic rings. The number of aryl methyl sites for hydroxylation is 2. The van der Waals surface area contributed by atoms with E-state index >= 15 is 0 Å². The van der Waals surface area contributed by atoms with Gasteiger partial charge in [-0.05, 0) is 57.2 Å². The molecule has 0 aromatic heterocycles. The average Bonchev–Trinajstić information content (AvgIpc) is 2.64. The first-order chi connectivity index (χ1) is 12.6. The summed E-state index contributed by atoms with van der Waals surface area (Å²) in [6.45, 7) is 20.8. The van der Waals surface area contributed by atoms with Crippen molar-refractivity contribution in [2.75, 3.05) is 13.2 Å². The molecule has 0 aliphatic rings. The molecular formula is C23H46N2O2. The molecule has 0 saturated carbocycles. The second-order valence-corrected chi connectivity index (χ2v) is 7.15. The lowest BCUT2D eigenvalue weighted by molar-refractivity contribution is 0.0952. The van der Waals surface area contributed by atoms with E-state index in [1.54, 1.807) is 13.8 Å². The highest BCUT2D eigenvalue weighted by Gasteiger charge is 2.07. The summed E-state index contributed by atoms with van der Waals surface area (Å²) < 4.78 is 0. The van der Waals surface area contributed by atoms with Crippen molar-refractivity contribution in [1.82, 2.24) is 5.32 Å². The summed E-state index contributed by atoms with van der Waals surface area (Å²) in [5.41, 5.74) is 8.04. The molecule has 1 aromatic carbocycles. The van der Waals surface area contributed by atoms with Gasteiger partial charge in [0.1, 0.15) is 0 Å². The lowest BCUT2D eigenvalue weighted by atomic mass is 10.0. The monoisotopic (exact) mass is 382 g/mol. The molecule has 160 valence electrons. The number of aliphatic hydroxyl groups excluding tert-OH is 1. The molecule has 4 N–H and O–H groups in total. The van der Waals surface area contributed by atoms with Gasteiger partial charge in [0.25, 0.3) is 5.91 Å². The van der Waals surface area contributed by atoms with Crippen molar-refractivity contribution in [3.8, 4) is 0 Å². The average molecular weight is 383 g/mol. The highest BCUT2D eigenvalue weighted by molar-refractivity contribution is 5.94. The number of aliphatic hydroxyl groups is 1. The summed E-state index contributed by atoms with van der Waals surface area (Å²) in [6.07, 6.45) is 1.99. The smallest absolute Gasteiger partial charge is 0.251 e. The van der Waals surface area contributed by atoms with E-state index in [1.807, 2.05) is 46.8 Å². The van der Waals surface area contributed by atoms with Crippen molar-refractivity contribution in [1.29, 1.82) is 0 Å². The van der Waals surface area contributed by atoms with Crippen molar-refractivity contribution < 1.29 is 9.90 Å². The van der Waals surface area contributed by atoms with Crippen LogP contribution in [0.25, 0.3) is 0 Å². The van der Waals surface area contributed by atoms with Crippen molar-refractivity contribution in [2.24, 2.45) is 11.7 Å². The molecule has 1 amide bonds. The Bertz CT molecular complexity index is 478. The van der Waals surface area contributed by atoms with Crippen LogP contribution in [0.4, 0.5) is 0 Å². The standard InChI is InChI=1S/C15H23NO.C4H11NO.2C2H6/c1-5-13-8-12(4)9-14(10-13)15(17)16-7-6-11(2)3;1-4(2,5)3-6;2*1-2/h8-11H,5-7H2,1-4H3,(H,16,17);6H,3,5H2,1-2H3;2*1-2H3. The molecular weight excluding hydrogens is 336 g/mol. The largest absolute Gasteiger partial charge is 0.394 e. The molecule has 0 atom stereocenters. The van der Waals surface area contributed by atoms with Gasteiger partial charge >= 0.3 is 0 Å². The summed E-state index contributed by atoms with van der Waals surface area (Å²) >= 11 is 0. The summed E-state index contributed by atoms with van der Waals surface area (Å²) in [4.78, 5) is 11.9. The molecule has 4 nitrogen and oxygen atoms in total. The minimum absolute atomic E-state index is 0.0454. The predicted octanol–water partition coefficient (Wildman–Crippen LogP) is 5.10. The van der Waals surface area contributed by atoms with E-state index in [2.05, 4.69) is 32.2 Å². The molecule has 0 heterocycles. The third kappa shape index (κ3) is 19.2. The van der Waals surface area contributed by atoms with E-state index in [9.17, 15) is 4.79 Å². The van der Waals surface area contributed by atoms with Crippen molar-refractivity contribution in [2.45, 2.75) is 87.6 Å². The Morgan fingerprint density at radius 3 is 2.00 bits per heavy atom. The molecule has 4 heteroatoms. The lowest BCUT2D eigenvalue weighted by Crippen LogP contribution is -2.35. The quantitative estimate of drug-likeness (QED) is 0.640. The fourth-order valence-corrected chi connectivity index (χ4v) is 1.77. The SMILES string of the molecule is CC.CC.CC(C)(N)CO.CCc1cc(C)cc(C(=O)NCCC(C)C)c1. The number of carbonyl (C=O) groups is 1. The number of hydrogen-bond acceptors (Lipinski definition) is 3. The second kappa shape index (κ2) is 18.0. The first-order valence-electron chi connectivity index (χ1n) is 10.4. The summed E-state index contributed by atoms with van der Waals surface area (Å²) in [6, 6.07) is 6.06. The molecule has 0 spiro atoms. The van der Waals surface area contributed by atoms with Crippen LogP contribution < -0.4 is 11.1 Å². The van der Waals surface area contributed by atoms with Gasteiger partial charge in [-0.15, -0.1) is 0 Å². The molecule has 0 unspecified atom stereocenters. The van der Waals surface area contributed by atoms with Gasteiger partial charge in [-0.25, -0.2) is 0 Å². The Hall–Kier alpha value is -1.39. The van der Waals surface area contributed by atoms with Gasteiger partial charge in [-0.1, -0.05) is 60.1 Å². The van der Waals surface area contributed by atoms with Gasteiger partial charge in [-0.3, -0.25) is 4.79 Å². The molecule has 0 aliphatic carbocycles. The Balaban J connectivity index is -0.000000484. The zero-order valence-electron chi connectivity index (χ0n) is 19.6. The molecule has 0 saturated heterocycles. The first-order valence-corrected chi connectivity index (χ1v) is 10.4. The number of benzene rings is 1. The van der Waals surface area contributed by atoms with Gasteiger partial charge in [-0.2, -0.15) is 0 Å².